The molecule has 86 valence electrons. The third-order valence-corrected chi connectivity index (χ3v) is 2.22. The minimum absolute atomic E-state index is 0.00401. The molecule has 2 aromatic rings. The fourth-order valence-electron chi connectivity index (χ4n) is 1.34. The Labute approximate surface area is 97.5 Å². The third-order valence-electron chi connectivity index (χ3n) is 2.22. The van der Waals surface area contributed by atoms with Gasteiger partial charge in [-0.05, 0) is 12.1 Å². The molecule has 2 N–H and O–H groups in total. The van der Waals surface area contributed by atoms with Gasteiger partial charge < -0.3 is 15.6 Å². The molecule has 5 heteroatoms. The van der Waals surface area contributed by atoms with E-state index in [1.807, 2.05) is 0 Å². The molecule has 0 saturated heterocycles. The number of hydrogen-bond donors (Lipinski definition) is 2. The molecular weight excluding hydrogens is 220 g/mol. The fraction of sp³-hybridized carbons (Fsp3) is 0. The average Bonchev–Trinajstić information content (AvgIpc) is 2.33. The van der Waals surface area contributed by atoms with Crippen LogP contribution in [0.4, 0.5) is 5.69 Å². The Kier molecular flexibility index (Phi) is 2.91. The van der Waals surface area contributed by atoms with Crippen LogP contribution in [0.15, 0.2) is 48.8 Å². The van der Waals surface area contributed by atoms with Crippen LogP contribution >= 0.6 is 0 Å². The fourth-order valence-corrected chi connectivity index (χ4v) is 1.34. The zero-order valence-electron chi connectivity index (χ0n) is 8.83. The Balaban J connectivity index is 2.17. The van der Waals surface area contributed by atoms with Crippen LogP contribution in [-0.2, 0) is 0 Å². The minimum atomic E-state index is -0.382. The van der Waals surface area contributed by atoms with Gasteiger partial charge in [0.25, 0.3) is 5.91 Å². The predicted octanol–water partition coefficient (Wildman–Crippen LogP) is 1.28. The van der Waals surface area contributed by atoms with Gasteiger partial charge in [0.05, 0.1) is 11.3 Å². The van der Waals surface area contributed by atoms with Crippen molar-refractivity contribution >= 4 is 11.6 Å². The Morgan fingerprint density at radius 3 is 2.47 bits per heavy atom. The van der Waals surface area contributed by atoms with Crippen molar-refractivity contribution in [2.45, 2.75) is 0 Å². The third kappa shape index (κ3) is 2.52. The number of rotatable bonds is 2. The van der Waals surface area contributed by atoms with Crippen molar-refractivity contribution in [3.63, 3.8) is 0 Å². The molecule has 0 spiro atoms. The SMILES string of the molecule is O=C(Nc1ccccc1O)c1cc[n+]([O-])cc1. The lowest BCUT2D eigenvalue weighted by Crippen LogP contribution is -2.25. The molecule has 1 aromatic heterocycles. The summed E-state index contributed by atoms with van der Waals surface area (Å²) in [5, 5.41) is 22.8. The first-order valence-corrected chi connectivity index (χ1v) is 4.95. The molecule has 0 saturated carbocycles. The van der Waals surface area contributed by atoms with Crippen LogP contribution in [0.3, 0.4) is 0 Å². The summed E-state index contributed by atoms with van der Waals surface area (Å²) >= 11 is 0. The van der Waals surface area contributed by atoms with Crippen molar-refractivity contribution in [2.75, 3.05) is 5.32 Å². The van der Waals surface area contributed by atoms with E-state index in [1.54, 1.807) is 18.2 Å². The van der Waals surface area contributed by atoms with Crippen LogP contribution in [-0.4, -0.2) is 11.0 Å². The largest absolute Gasteiger partial charge is 0.619 e. The summed E-state index contributed by atoms with van der Waals surface area (Å²) in [6, 6.07) is 9.24. The molecule has 0 aliphatic carbocycles. The molecule has 1 amide bonds. The van der Waals surface area contributed by atoms with E-state index in [0.29, 0.717) is 16.0 Å². The normalized spacial score (nSPS) is 9.88. The van der Waals surface area contributed by atoms with E-state index in [9.17, 15) is 15.1 Å². The van der Waals surface area contributed by atoms with Crippen LogP contribution in [0, 0.1) is 5.21 Å². The molecule has 0 fully saturated rings. The number of nitrogens with zero attached hydrogens (tertiary/aromatic N) is 1. The summed E-state index contributed by atoms with van der Waals surface area (Å²) in [5.41, 5.74) is 0.678. The second-order valence-electron chi connectivity index (χ2n) is 3.42. The van der Waals surface area contributed by atoms with Gasteiger partial charge in [-0.15, -0.1) is 0 Å². The first-order valence-electron chi connectivity index (χ1n) is 4.95. The smallest absolute Gasteiger partial charge is 0.256 e. The number of aromatic nitrogens is 1. The van der Waals surface area contributed by atoms with Gasteiger partial charge in [0.15, 0.2) is 12.4 Å². The monoisotopic (exact) mass is 230 g/mol. The molecule has 0 radical (unpaired) electrons. The van der Waals surface area contributed by atoms with E-state index >= 15 is 0 Å². The lowest BCUT2D eigenvalue weighted by atomic mass is 10.2. The average molecular weight is 230 g/mol. The van der Waals surface area contributed by atoms with Crippen molar-refractivity contribution in [3.05, 3.63) is 59.6 Å². The summed E-state index contributed by atoms with van der Waals surface area (Å²) in [4.78, 5) is 11.7. The molecule has 0 atom stereocenters. The van der Waals surface area contributed by atoms with Gasteiger partial charge in [0.2, 0.25) is 0 Å². The number of pyridine rings is 1. The first kappa shape index (κ1) is 10.9. The maximum atomic E-state index is 11.7. The Hall–Kier alpha value is -2.56. The van der Waals surface area contributed by atoms with Gasteiger partial charge >= 0.3 is 0 Å². The number of anilines is 1. The van der Waals surface area contributed by atoms with Gasteiger partial charge in [0.1, 0.15) is 5.75 Å². The maximum Gasteiger partial charge on any atom is 0.256 e. The highest BCUT2D eigenvalue weighted by Gasteiger charge is 2.08. The van der Waals surface area contributed by atoms with Crippen LogP contribution in [0.5, 0.6) is 5.75 Å². The van der Waals surface area contributed by atoms with Crippen molar-refractivity contribution in [3.8, 4) is 5.75 Å². The van der Waals surface area contributed by atoms with E-state index in [4.69, 9.17) is 0 Å². The second kappa shape index (κ2) is 4.52. The van der Waals surface area contributed by atoms with Crippen molar-refractivity contribution in [2.24, 2.45) is 0 Å². The highest BCUT2D eigenvalue weighted by molar-refractivity contribution is 6.04. The molecule has 5 nitrogen and oxygen atoms in total. The number of amides is 1. The predicted molar refractivity (Wildman–Crippen MR) is 61.5 cm³/mol. The van der Waals surface area contributed by atoms with Crippen LogP contribution in [0.25, 0.3) is 0 Å². The summed E-state index contributed by atoms with van der Waals surface area (Å²) in [6.07, 6.45) is 2.47. The molecule has 2 rings (SSSR count). The number of phenolic OH excluding ortho intramolecular Hbond substituents is 1. The molecule has 0 bridgehead atoms. The number of nitrogens with one attached hydrogen (secondary N) is 1. The van der Waals surface area contributed by atoms with Gasteiger partial charge in [-0.3, -0.25) is 4.79 Å². The molecule has 1 heterocycles. The quantitative estimate of drug-likeness (QED) is 0.463. The van der Waals surface area contributed by atoms with E-state index < -0.39 is 0 Å². The zero-order chi connectivity index (χ0) is 12.3. The lowest BCUT2D eigenvalue weighted by Gasteiger charge is -2.06. The topological polar surface area (TPSA) is 76.3 Å². The van der Waals surface area contributed by atoms with Gasteiger partial charge in [-0.2, -0.15) is 4.73 Å². The number of para-hydroxylation sites is 2. The number of benzene rings is 1. The summed E-state index contributed by atoms with van der Waals surface area (Å²) < 4.78 is 0.594. The number of hydrogen-bond acceptors (Lipinski definition) is 3. The Morgan fingerprint density at radius 1 is 1.18 bits per heavy atom. The first-order chi connectivity index (χ1) is 8.16. The highest BCUT2D eigenvalue weighted by atomic mass is 16.5. The van der Waals surface area contributed by atoms with E-state index in [2.05, 4.69) is 5.32 Å². The summed E-state index contributed by atoms with van der Waals surface area (Å²) in [5.74, 6) is -0.386. The number of aromatic hydroxyl groups is 1. The van der Waals surface area contributed by atoms with Crippen molar-refractivity contribution in [1.82, 2.24) is 0 Å². The molecule has 1 aromatic carbocycles. The Morgan fingerprint density at radius 2 is 1.82 bits per heavy atom. The van der Waals surface area contributed by atoms with Crippen molar-refractivity contribution < 1.29 is 14.6 Å². The number of carbonyl (C=O) groups is 1. The van der Waals surface area contributed by atoms with E-state index in [1.165, 1.54) is 30.6 Å². The van der Waals surface area contributed by atoms with E-state index in [-0.39, 0.29) is 11.7 Å². The summed E-state index contributed by atoms with van der Waals surface area (Å²) in [7, 11) is 0. The molecule has 0 unspecified atom stereocenters. The number of carbonyl (C=O) groups excluding carboxylic acids is 1. The standard InChI is InChI=1S/C12H10N2O3/c15-11-4-2-1-3-10(11)13-12(16)9-5-7-14(17)8-6-9/h1-8,15H,(H,13,16). The minimum Gasteiger partial charge on any atom is -0.619 e. The Bertz CT molecular complexity index is 538. The molecule has 17 heavy (non-hydrogen) atoms. The van der Waals surface area contributed by atoms with Crippen LogP contribution < -0.4 is 10.0 Å². The van der Waals surface area contributed by atoms with Crippen molar-refractivity contribution in [1.29, 1.82) is 0 Å². The van der Waals surface area contributed by atoms with Crippen LogP contribution in [0.1, 0.15) is 10.4 Å². The highest BCUT2D eigenvalue weighted by Crippen LogP contribution is 2.21. The lowest BCUT2D eigenvalue weighted by molar-refractivity contribution is -0.605. The molecule has 0 aliphatic rings. The van der Waals surface area contributed by atoms with Gasteiger partial charge in [-0.1, -0.05) is 12.1 Å². The molecular formula is C12H10N2O3. The molecule has 0 aliphatic heterocycles. The van der Waals surface area contributed by atoms with E-state index in [0.717, 1.165) is 0 Å². The second-order valence-corrected chi connectivity index (χ2v) is 3.42. The van der Waals surface area contributed by atoms with Crippen LogP contribution in [0.2, 0.25) is 0 Å². The van der Waals surface area contributed by atoms with Gasteiger partial charge in [0, 0.05) is 12.1 Å². The van der Waals surface area contributed by atoms with Gasteiger partial charge in [-0.25, -0.2) is 0 Å². The maximum absolute atomic E-state index is 11.7. The zero-order valence-corrected chi connectivity index (χ0v) is 8.83. The summed E-state index contributed by atoms with van der Waals surface area (Å²) in [6.45, 7) is 0. The number of phenols is 1.